The van der Waals surface area contributed by atoms with Gasteiger partial charge < -0.3 is 19.7 Å². The standard InChI is InChI=1S/C21H18ClF3N2O5/c1-31-15-5-3-14(4-6-15)27-10-12(8-19(27)29)20(30)32-11-18(28)26-17-9-13(21(23,24)25)2-7-16(17)22/h2-7,9,12H,8,10-11H2,1H3,(H,26,28)/t12-/m1/s1. The van der Waals surface area contributed by atoms with E-state index in [1.165, 1.54) is 12.0 Å². The van der Waals surface area contributed by atoms with Gasteiger partial charge in [0.25, 0.3) is 5.91 Å². The van der Waals surface area contributed by atoms with Gasteiger partial charge in [-0.25, -0.2) is 0 Å². The first-order valence-corrected chi connectivity index (χ1v) is 9.74. The summed E-state index contributed by atoms with van der Waals surface area (Å²) in [5.74, 6) is -2.08. The molecule has 1 N–H and O–H groups in total. The van der Waals surface area contributed by atoms with Crippen LogP contribution >= 0.6 is 11.6 Å². The maximum atomic E-state index is 12.8. The van der Waals surface area contributed by atoms with E-state index in [4.69, 9.17) is 21.1 Å². The number of halogens is 4. The molecule has 1 fully saturated rings. The fourth-order valence-electron chi connectivity index (χ4n) is 3.12. The summed E-state index contributed by atoms with van der Waals surface area (Å²) in [4.78, 5) is 38.0. The summed E-state index contributed by atoms with van der Waals surface area (Å²) in [6.07, 6.45) is -4.70. The molecule has 0 bridgehead atoms. The maximum absolute atomic E-state index is 12.8. The zero-order valence-corrected chi connectivity index (χ0v) is 17.5. The summed E-state index contributed by atoms with van der Waals surface area (Å²) in [7, 11) is 1.51. The molecule has 2 amide bonds. The summed E-state index contributed by atoms with van der Waals surface area (Å²) in [5.41, 5.74) is -0.662. The number of amides is 2. The Morgan fingerprint density at radius 2 is 1.88 bits per heavy atom. The summed E-state index contributed by atoms with van der Waals surface area (Å²) in [5, 5.41) is 2.08. The molecule has 1 atom stereocenters. The largest absolute Gasteiger partial charge is 0.497 e. The van der Waals surface area contributed by atoms with E-state index in [-0.39, 0.29) is 29.6 Å². The third kappa shape index (κ3) is 5.50. The number of nitrogens with one attached hydrogen (secondary N) is 1. The van der Waals surface area contributed by atoms with E-state index >= 15 is 0 Å². The zero-order valence-electron chi connectivity index (χ0n) is 16.7. The molecule has 1 aliphatic rings. The van der Waals surface area contributed by atoms with Crippen LogP contribution in [0.1, 0.15) is 12.0 Å². The molecule has 170 valence electrons. The Labute approximate surface area is 186 Å². The van der Waals surface area contributed by atoms with Gasteiger partial charge in [-0.1, -0.05) is 11.6 Å². The summed E-state index contributed by atoms with van der Waals surface area (Å²) >= 11 is 5.83. The Bertz CT molecular complexity index is 1030. The minimum Gasteiger partial charge on any atom is -0.497 e. The fraction of sp³-hybridized carbons (Fsp3) is 0.286. The van der Waals surface area contributed by atoms with Gasteiger partial charge in [-0.05, 0) is 42.5 Å². The molecular formula is C21H18ClF3N2O5. The average Bonchev–Trinajstić information content (AvgIpc) is 3.14. The lowest BCUT2D eigenvalue weighted by molar-refractivity contribution is -0.151. The normalized spacial score (nSPS) is 16.1. The zero-order chi connectivity index (χ0) is 23.5. The molecule has 3 rings (SSSR count). The molecule has 0 spiro atoms. The number of carbonyl (C=O) groups excluding carboxylic acids is 3. The number of alkyl halides is 3. The van der Waals surface area contributed by atoms with E-state index in [9.17, 15) is 27.6 Å². The average molecular weight is 471 g/mol. The van der Waals surface area contributed by atoms with Crippen LogP contribution in [0, 0.1) is 5.92 Å². The minimum absolute atomic E-state index is 0.0745. The van der Waals surface area contributed by atoms with Gasteiger partial charge in [0.15, 0.2) is 6.61 Å². The van der Waals surface area contributed by atoms with Crippen LogP contribution in [0.4, 0.5) is 24.5 Å². The van der Waals surface area contributed by atoms with Crippen LogP contribution in [-0.2, 0) is 25.3 Å². The maximum Gasteiger partial charge on any atom is 0.416 e. The van der Waals surface area contributed by atoms with Crippen LogP contribution < -0.4 is 15.0 Å². The van der Waals surface area contributed by atoms with Crippen LogP contribution in [0.3, 0.4) is 0 Å². The SMILES string of the molecule is COc1ccc(N2C[C@H](C(=O)OCC(=O)Nc3cc(C(F)(F)F)ccc3Cl)CC2=O)cc1. The van der Waals surface area contributed by atoms with Crippen LogP contribution in [0.5, 0.6) is 5.75 Å². The van der Waals surface area contributed by atoms with Crippen molar-refractivity contribution in [2.75, 3.05) is 30.5 Å². The van der Waals surface area contributed by atoms with Gasteiger partial charge >= 0.3 is 12.1 Å². The van der Waals surface area contributed by atoms with Gasteiger partial charge in [-0.15, -0.1) is 0 Å². The van der Waals surface area contributed by atoms with Gasteiger partial charge in [-0.3, -0.25) is 14.4 Å². The van der Waals surface area contributed by atoms with Crippen molar-refractivity contribution in [3.05, 3.63) is 53.1 Å². The van der Waals surface area contributed by atoms with E-state index < -0.39 is 36.1 Å². The van der Waals surface area contributed by atoms with Gasteiger partial charge in [0.1, 0.15) is 5.75 Å². The monoisotopic (exact) mass is 470 g/mol. The third-order valence-corrected chi connectivity index (χ3v) is 5.09. The van der Waals surface area contributed by atoms with Crippen molar-refractivity contribution in [1.29, 1.82) is 0 Å². The first-order chi connectivity index (χ1) is 15.1. The van der Waals surface area contributed by atoms with Crippen molar-refractivity contribution in [2.24, 2.45) is 5.92 Å². The summed E-state index contributed by atoms with van der Waals surface area (Å²) in [6, 6.07) is 9.18. The number of rotatable bonds is 6. The predicted molar refractivity (Wildman–Crippen MR) is 109 cm³/mol. The molecule has 11 heteroatoms. The molecule has 2 aromatic carbocycles. The molecule has 32 heavy (non-hydrogen) atoms. The minimum atomic E-state index is -4.61. The molecule has 7 nitrogen and oxygen atoms in total. The van der Waals surface area contributed by atoms with Gasteiger partial charge in [0, 0.05) is 18.7 Å². The first-order valence-electron chi connectivity index (χ1n) is 9.36. The number of hydrogen-bond donors (Lipinski definition) is 1. The van der Waals surface area contributed by atoms with Gasteiger partial charge in [0.05, 0.1) is 29.3 Å². The van der Waals surface area contributed by atoms with Crippen molar-refractivity contribution >= 4 is 40.8 Å². The second-order valence-corrected chi connectivity index (χ2v) is 7.36. The third-order valence-electron chi connectivity index (χ3n) is 4.76. The highest BCUT2D eigenvalue weighted by atomic mass is 35.5. The number of ether oxygens (including phenoxy) is 2. The molecule has 0 aromatic heterocycles. The molecule has 0 unspecified atom stereocenters. The van der Waals surface area contributed by atoms with Gasteiger partial charge in [0.2, 0.25) is 5.91 Å². The van der Waals surface area contributed by atoms with E-state index in [0.29, 0.717) is 17.5 Å². The Balaban J connectivity index is 1.55. The highest BCUT2D eigenvalue weighted by Gasteiger charge is 2.36. The van der Waals surface area contributed by atoms with E-state index in [0.717, 1.165) is 12.1 Å². The first kappa shape index (κ1) is 23.4. The number of anilines is 2. The number of nitrogens with zero attached hydrogens (tertiary/aromatic N) is 1. The molecule has 0 radical (unpaired) electrons. The lowest BCUT2D eigenvalue weighted by Crippen LogP contribution is -2.28. The van der Waals surface area contributed by atoms with Crippen molar-refractivity contribution < 1.29 is 37.0 Å². The van der Waals surface area contributed by atoms with E-state index in [2.05, 4.69) is 5.32 Å². The van der Waals surface area contributed by atoms with Crippen LogP contribution in [-0.4, -0.2) is 38.0 Å². The molecule has 2 aromatic rings. The smallest absolute Gasteiger partial charge is 0.416 e. The van der Waals surface area contributed by atoms with Gasteiger partial charge in [-0.2, -0.15) is 13.2 Å². The second-order valence-electron chi connectivity index (χ2n) is 6.95. The summed E-state index contributed by atoms with van der Waals surface area (Å²) in [6.45, 7) is -0.663. The highest BCUT2D eigenvalue weighted by Crippen LogP contribution is 2.34. The highest BCUT2D eigenvalue weighted by molar-refractivity contribution is 6.33. The number of hydrogen-bond acceptors (Lipinski definition) is 5. The lowest BCUT2D eigenvalue weighted by Gasteiger charge is -2.17. The van der Waals surface area contributed by atoms with Crippen LogP contribution in [0.2, 0.25) is 5.02 Å². The molecule has 0 saturated carbocycles. The molecule has 1 heterocycles. The van der Waals surface area contributed by atoms with Crippen LogP contribution in [0.25, 0.3) is 0 Å². The predicted octanol–water partition coefficient (Wildman–Crippen LogP) is 3.90. The number of carbonyl (C=O) groups is 3. The Morgan fingerprint density at radius 1 is 1.19 bits per heavy atom. The molecule has 0 aliphatic carbocycles. The van der Waals surface area contributed by atoms with E-state index in [1.807, 2.05) is 0 Å². The Kier molecular flexibility index (Phi) is 6.93. The molecule has 1 saturated heterocycles. The fourth-order valence-corrected chi connectivity index (χ4v) is 3.28. The number of methoxy groups -OCH3 is 1. The van der Waals surface area contributed by atoms with Crippen molar-refractivity contribution in [2.45, 2.75) is 12.6 Å². The van der Waals surface area contributed by atoms with Crippen molar-refractivity contribution in [1.82, 2.24) is 0 Å². The topological polar surface area (TPSA) is 84.9 Å². The number of esters is 1. The van der Waals surface area contributed by atoms with Crippen molar-refractivity contribution in [3.8, 4) is 5.75 Å². The Morgan fingerprint density at radius 3 is 2.50 bits per heavy atom. The lowest BCUT2D eigenvalue weighted by atomic mass is 10.1. The number of benzene rings is 2. The van der Waals surface area contributed by atoms with E-state index in [1.54, 1.807) is 24.3 Å². The Hall–Kier alpha value is -3.27. The van der Waals surface area contributed by atoms with Crippen molar-refractivity contribution in [3.63, 3.8) is 0 Å². The molecule has 1 aliphatic heterocycles. The quantitative estimate of drug-likeness (QED) is 0.647. The second kappa shape index (κ2) is 9.47. The summed E-state index contributed by atoms with van der Waals surface area (Å²) < 4.78 is 48.5. The molecular weight excluding hydrogens is 453 g/mol. The van der Waals surface area contributed by atoms with Crippen LogP contribution in [0.15, 0.2) is 42.5 Å².